The van der Waals surface area contributed by atoms with Crippen LogP contribution in [0.5, 0.6) is 0 Å². The number of hydrazine groups is 1. The zero-order chi connectivity index (χ0) is 12.9. The van der Waals surface area contributed by atoms with Crippen LogP contribution in [-0.2, 0) is 9.59 Å². The van der Waals surface area contributed by atoms with E-state index in [0.717, 1.165) is 12.8 Å². The van der Waals surface area contributed by atoms with Gasteiger partial charge in [0, 0.05) is 24.9 Å². The van der Waals surface area contributed by atoms with Crippen LogP contribution in [0.15, 0.2) is 0 Å². The molecule has 1 heterocycles. The molecule has 3 rings (SSSR count). The predicted molar refractivity (Wildman–Crippen MR) is 59.1 cm³/mol. The van der Waals surface area contributed by atoms with E-state index in [4.69, 9.17) is 5.11 Å². The SMILES string of the molecule is O=C(NNC(=O)C1[C@H]2CN(C(=O)O)C[C@@H]12)C1CC1. The lowest BCUT2D eigenvalue weighted by atomic mass is 10.2. The van der Waals surface area contributed by atoms with Crippen LogP contribution in [0.2, 0.25) is 0 Å². The fourth-order valence-electron chi connectivity index (χ4n) is 2.73. The van der Waals surface area contributed by atoms with Gasteiger partial charge in [0.25, 0.3) is 0 Å². The molecule has 0 aromatic heterocycles. The second-order valence-corrected chi connectivity index (χ2v) is 5.29. The highest BCUT2D eigenvalue weighted by molar-refractivity contribution is 5.87. The normalized spacial score (nSPS) is 32.7. The Bertz CT molecular complexity index is 409. The number of carboxylic acid groups (broad SMARTS) is 1. The average molecular weight is 253 g/mol. The molecule has 1 saturated heterocycles. The van der Waals surface area contributed by atoms with Gasteiger partial charge in [-0.15, -0.1) is 0 Å². The van der Waals surface area contributed by atoms with Gasteiger partial charge in [0.2, 0.25) is 11.8 Å². The third kappa shape index (κ3) is 1.89. The fraction of sp³-hybridized carbons (Fsp3) is 0.727. The van der Waals surface area contributed by atoms with Crippen LogP contribution in [0.25, 0.3) is 0 Å². The summed E-state index contributed by atoms with van der Waals surface area (Å²) in [5, 5.41) is 8.79. The topological polar surface area (TPSA) is 98.7 Å². The Kier molecular flexibility index (Phi) is 2.42. The third-order valence-corrected chi connectivity index (χ3v) is 4.02. The Labute approximate surface area is 103 Å². The first-order valence-corrected chi connectivity index (χ1v) is 6.15. The number of hydrogen-bond donors (Lipinski definition) is 3. The standard InChI is InChI=1S/C11H15N3O4/c15-9(5-1-2-5)12-13-10(16)8-6-3-14(11(17)18)4-7(6)8/h5-8H,1-4H2,(H,12,15)(H,13,16)(H,17,18)/t6-,7+,8?. The number of fused-ring (bicyclic) bond motifs is 1. The fourth-order valence-corrected chi connectivity index (χ4v) is 2.73. The van der Waals surface area contributed by atoms with Gasteiger partial charge in [-0.25, -0.2) is 4.79 Å². The number of likely N-dealkylation sites (tertiary alicyclic amines) is 1. The summed E-state index contributed by atoms with van der Waals surface area (Å²) in [5.74, 6) is -0.144. The van der Waals surface area contributed by atoms with Crippen molar-refractivity contribution in [2.45, 2.75) is 12.8 Å². The largest absolute Gasteiger partial charge is 0.465 e. The highest BCUT2D eigenvalue weighted by Crippen LogP contribution is 2.51. The highest BCUT2D eigenvalue weighted by atomic mass is 16.4. The molecule has 1 aliphatic heterocycles. The maximum absolute atomic E-state index is 11.8. The van der Waals surface area contributed by atoms with Crippen LogP contribution in [0.4, 0.5) is 4.79 Å². The molecule has 18 heavy (non-hydrogen) atoms. The molecule has 2 aliphatic carbocycles. The zero-order valence-corrected chi connectivity index (χ0v) is 9.76. The Hall–Kier alpha value is -1.79. The number of carbonyl (C=O) groups excluding carboxylic acids is 2. The van der Waals surface area contributed by atoms with Crippen molar-refractivity contribution in [3.63, 3.8) is 0 Å². The van der Waals surface area contributed by atoms with Gasteiger partial charge < -0.3 is 10.0 Å². The van der Waals surface area contributed by atoms with Crippen LogP contribution < -0.4 is 10.9 Å². The van der Waals surface area contributed by atoms with Gasteiger partial charge in [0.15, 0.2) is 0 Å². The van der Waals surface area contributed by atoms with E-state index >= 15 is 0 Å². The molecule has 3 aliphatic rings. The minimum absolute atomic E-state index is 0.0616. The van der Waals surface area contributed by atoms with E-state index < -0.39 is 6.09 Å². The summed E-state index contributed by atoms with van der Waals surface area (Å²) in [7, 11) is 0. The minimum atomic E-state index is -0.927. The maximum atomic E-state index is 11.8. The van der Waals surface area contributed by atoms with E-state index in [2.05, 4.69) is 10.9 Å². The van der Waals surface area contributed by atoms with E-state index in [0.29, 0.717) is 13.1 Å². The van der Waals surface area contributed by atoms with Crippen molar-refractivity contribution in [1.82, 2.24) is 15.8 Å². The Morgan fingerprint density at radius 3 is 2.06 bits per heavy atom. The van der Waals surface area contributed by atoms with E-state index in [1.54, 1.807) is 0 Å². The third-order valence-electron chi connectivity index (χ3n) is 4.02. The number of rotatable bonds is 2. The van der Waals surface area contributed by atoms with Crippen molar-refractivity contribution < 1.29 is 19.5 Å². The summed E-state index contributed by atoms with van der Waals surface area (Å²) in [6, 6.07) is 0. The van der Waals surface area contributed by atoms with Gasteiger partial charge in [-0.05, 0) is 24.7 Å². The Morgan fingerprint density at radius 1 is 1.00 bits per heavy atom. The molecule has 0 aromatic rings. The smallest absolute Gasteiger partial charge is 0.407 e. The number of amides is 3. The monoisotopic (exact) mass is 253 g/mol. The molecule has 3 atom stereocenters. The van der Waals surface area contributed by atoms with E-state index in [1.807, 2.05) is 0 Å². The van der Waals surface area contributed by atoms with Crippen LogP contribution in [-0.4, -0.2) is 41.0 Å². The zero-order valence-electron chi connectivity index (χ0n) is 9.76. The predicted octanol–water partition coefficient (Wildman–Crippen LogP) is -0.600. The summed E-state index contributed by atoms with van der Waals surface area (Å²) in [4.78, 5) is 35.1. The molecule has 3 amide bonds. The molecule has 3 N–H and O–H groups in total. The quantitative estimate of drug-likeness (QED) is 0.572. The van der Waals surface area contributed by atoms with Crippen LogP contribution in [0, 0.1) is 23.7 Å². The summed E-state index contributed by atoms with van der Waals surface area (Å²) in [6.45, 7) is 0.851. The number of carbonyl (C=O) groups is 3. The Balaban J connectivity index is 1.43. The lowest BCUT2D eigenvalue weighted by Gasteiger charge is -2.15. The van der Waals surface area contributed by atoms with E-state index in [1.165, 1.54) is 4.90 Å². The first-order valence-electron chi connectivity index (χ1n) is 6.15. The van der Waals surface area contributed by atoms with Crippen LogP contribution in [0.1, 0.15) is 12.8 Å². The number of nitrogens with one attached hydrogen (secondary N) is 2. The number of hydrogen-bond acceptors (Lipinski definition) is 3. The van der Waals surface area contributed by atoms with Crippen molar-refractivity contribution in [3.8, 4) is 0 Å². The molecule has 0 bridgehead atoms. The first-order chi connectivity index (χ1) is 8.58. The minimum Gasteiger partial charge on any atom is -0.465 e. The second kappa shape index (κ2) is 3.86. The van der Waals surface area contributed by atoms with Crippen LogP contribution in [0.3, 0.4) is 0 Å². The molecule has 0 aromatic carbocycles. The first kappa shape index (κ1) is 11.3. The highest BCUT2D eigenvalue weighted by Gasteiger charge is 2.60. The molecule has 0 radical (unpaired) electrons. The summed E-state index contributed by atoms with van der Waals surface area (Å²) >= 11 is 0. The summed E-state index contributed by atoms with van der Waals surface area (Å²) < 4.78 is 0. The van der Waals surface area contributed by atoms with Gasteiger partial charge in [0.1, 0.15) is 0 Å². The molecule has 1 unspecified atom stereocenters. The van der Waals surface area contributed by atoms with Crippen molar-refractivity contribution in [3.05, 3.63) is 0 Å². The lowest BCUT2D eigenvalue weighted by molar-refractivity contribution is -0.130. The van der Waals surface area contributed by atoms with Crippen molar-refractivity contribution in [2.75, 3.05) is 13.1 Å². The Morgan fingerprint density at radius 2 is 1.56 bits per heavy atom. The van der Waals surface area contributed by atoms with Gasteiger partial charge in [-0.1, -0.05) is 0 Å². The summed E-state index contributed by atoms with van der Waals surface area (Å²) in [6.07, 6.45) is 0.858. The average Bonchev–Trinajstić information content (AvgIpc) is 3.24. The summed E-state index contributed by atoms with van der Waals surface area (Å²) in [5.41, 5.74) is 4.85. The van der Waals surface area contributed by atoms with Gasteiger partial charge in [-0.3, -0.25) is 20.4 Å². The molecule has 2 saturated carbocycles. The molecule has 7 heteroatoms. The van der Waals surface area contributed by atoms with E-state index in [-0.39, 0.29) is 35.5 Å². The van der Waals surface area contributed by atoms with Crippen molar-refractivity contribution in [1.29, 1.82) is 0 Å². The lowest BCUT2D eigenvalue weighted by Crippen LogP contribution is -2.44. The molecule has 3 fully saturated rings. The van der Waals surface area contributed by atoms with Gasteiger partial charge >= 0.3 is 6.09 Å². The molecule has 0 spiro atoms. The molecular formula is C11H15N3O4. The van der Waals surface area contributed by atoms with Crippen molar-refractivity contribution >= 4 is 17.9 Å². The number of piperidine rings is 1. The molecular weight excluding hydrogens is 238 g/mol. The molecule has 7 nitrogen and oxygen atoms in total. The van der Waals surface area contributed by atoms with Crippen LogP contribution >= 0.6 is 0 Å². The number of nitrogens with zero attached hydrogens (tertiary/aromatic N) is 1. The molecule has 98 valence electrons. The van der Waals surface area contributed by atoms with Crippen molar-refractivity contribution in [2.24, 2.45) is 23.7 Å². The maximum Gasteiger partial charge on any atom is 0.407 e. The van der Waals surface area contributed by atoms with Gasteiger partial charge in [0.05, 0.1) is 0 Å². The van der Waals surface area contributed by atoms with Gasteiger partial charge in [-0.2, -0.15) is 0 Å². The second-order valence-electron chi connectivity index (χ2n) is 5.29. The van der Waals surface area contributed by atoms with E-state index in [9.17, 15) is 14.4 Å².